The maximum absolute atomic E-state index is 11.6. The first-order chi connectivity index (χ1) is 8.58. The topological polar surface area (TPSA) is 87.5 Å². The quantitative estimate of drug-likeness (QED) is 0.580. The average Bonchev–Trinajstić information content (AvgIpc) is 3.11. The number of imide groups is 1. The number of nitrogens with one attached hydrogen (secondary N) is 2. The molecule has 110 valence electrons. The summed E-state index contributed by atoms with van der Waals surface area (Å²) in [6.07, 6.45) is 3.90. The van der Waals surface area contributed by atoms with Gasteiger partial charge in [-0.2, -0.15) is 0 Å². The Morgan fingerprint density at radius 2 is 2.16 bits per heavy atom. The van der Waals surface area contributed by atoms with Crippen molar-refractivity contribution in [3.8, 4) is 0 Å². The Labute approximate surface area is 120 Å². The molecule has 7 heteroatoms. The number of likely N-dealkylation sites (N-methyl/N-ethyl adjacent to an activating group) is 1. The van der Waals surface area contributed by atoms with Gasteiger partial charge in [-0.1, -0.05) is 6.08 Å². The molecule has 0 aromatic rings. The number of nitrogens with two attached hydrogens (primary N) is 1. The predicted octanol–water partition coefficient (Wildman–Crippen LogP) is 0.0891. The maximum Gasteiger partial charge on any atom is 0.321 e. The lowest BCUT2D eigenvalue weighted by Crippen LogP contribution is -2.48. The SMILES string of the molecule is C=CCNC(=O)NC(=O)CN(C)C(CN)C1CC1.Cl. The molecular formula is C12H23ClN4O2. The summed E-state index contributed by atoms with van der Waals surface area (Å²) in [4.78, 5) is 24.8. The van der Waals surface area contributed by atoms with Gasteiger partial charge >= 0.3 is 6.03 Å². The summed E-state index contributed by atoms with van der Waals surface area (Å²) >= 11 is 0. The summed E-state index contributed by atoms with van der Waals surface area (Å²) in [5, 5.41) is 4.75. The molecule has 0 bridgehead atoms. The molecule has 0 aromatic heterocycles. The number of carbonyl (C=O) groups excluding carboxylic acids is 2. The lowest BCUT2D eigenvalue weighted by Gasteiger charge is -2.26. The summed E-state index contributed by atoms with van der Waals surface area (Å²) in [5.41, 5.74) is 5.69. The van der Waals surface area contributed by atoms with Crippen molar-refractivity contribution in [3.05, 3.63) is 12.7 Å². The molecule has 0 aliphatic heterocycles. The van der Waals surface area contributed by atoms with Gasteiger partial charge in [0.15, 0.2) is 0 Å². The number of rotatable bonds is 7. The Kier molecular flexibility index (Phi) is 8.38. The van der Waals surface area contributed by atoms with Gasteiger partial charge in [-0.05, 0) is 25.8 Å². The van der Waals surface area contributed by atoms with Crippen molar-refractivity contribution in [1.29, 1.82) is 0 Å². The molecule has 0 spiro atoms. The first-order valence-corrected chi connectivity index (χ1v) is 6.17. The van der Waals surface area contributed by atoms with Crippen LogP contribution in [0.2, 0.25) is 0 Å². The number of nitrogens with zero attached hydrogens (tertiary/aromatic N) is 1. The van der Waals surface area contributed by atoms with Gasteiger partial charge in [0.25, 0.3) is 0 Å². The Morgan fingerprint density at radius 1 is 1.53 bits per heavy atom. The number of amides is 3. The molecule has 1 rings (SSSR count). The number of halogens is 1. The third-order valence-corrected chi connectivity index (χ3v) is 3.03. The molecule has 1 aliphatic carbocycles. The van der Waals surface area contributed by atoms with E-state index in [-0.39, 0.29) is 30.9 Å². The van der Waals surface area contributed by atoms with E-state index in [2.05, 4.69) is 17.2 Å². The van der Waals surface area contributed by atoms with Gasteiger partial charge in [-0.3, -0.25) is 15.0 Å². The fourth-order valence-corrected chi connectivity index (χ4v) is 1.93. The predicted molar refractivity (Wildman–Crippen MR) is 77.2 cm³/mol. The number of carbonyl (C=O) groups is 2. The van der Waals surface area contributed by atoms with Crippen molar-refractivity contribution in [2.75, 3.05) is 26.7 Å². The largest absolute Gasteiger partial charge is 0.334 e. The summed E-state index contributed by atoms with van der Waals surface area (Å²) < 4.78 is 0. The zero-order valence-corrected chi connectivity index (χ0v) is 12.0. The van der Waals surface area contributed by atoms with E-state index in [1.54, 1.807) is 6.08 Å². The molecular weight excluding hydrogens is 268 g/mol. The van der Waals surface area contributed by atoms with Gasteiger partial charge in [-0.25, -0.2) is 4.79 Å². The number of hydrogen-bond acceptors (Lipinski definition) is 4. The normalized spacial score (nSPS) is 15.3. The Bertz CT molecular complexity index is 321. The molecule has 1 fully saturated rings. The molecule has 1 aliphatic rings. The first kappa shape index (κ1) is 17.9. The van der Waals surface area contributed by atoms with Crippen LogP contribution in [0.5, 0.6) is 0 Å². The van der Waals surface area contributed by atoms with Gasteiger partial charge in [0.05, 0.1) is 6.54 Å². The van der Waals surface area contributed by atoms with E-state index in [0.717, 1.165) is 0 Å². The lowest BCUT2D eigenvalue weighted by molar-refractivity contribution is -0.121. The van der Waals surface area contributed by atoms with Gasteiger partial charge in [0, 0.05) is 19.1 Å². The zero-order valence-electron chi connectivity index (χ0n) is 11.2. The fraction of sp³-hybridized carbons (Fsp3) is 0.667. The van der Waals surface area contributed by atoms with Gasteiger partial charge in [0.1, 0.15) is 0 Å². The van der Waals surface area contributed by atoms with E-state index < -0.39 is 6.03 Å². The Balaban J connectivity index is 0.00000324. The van der Waals surface area contributed by atoms with Gasteiger partial charge < -0.3 is 11.1 Å². The average molecular weight is 291 g/mol. The van der Waals surface area contributed by atoms with Crippen LogP contribution >= 0.6 is 12.4 Å². The summed E-state index contributed by atoms with van der Waals surface area (Å²) in [5.74, 6) is 0.278. The minimum atomic E-state index is -0.496. The minimum absolute atomic E-state index is 0. The second kappa shape index (κ2) is 8.90. The molecule has 0 saturated heterocycles. The van der Waals surface area contributed by atoms with E-state index in [4.69, 9.17) is 5.73 Å². The highest BCUT2D eigenvalue weighted by Gasteiger charge is 2.33. The first-order valence-electron chi connectivity index (χ1n) is 6.17. The van der Waals surface area contributed by atoms with Crippen LogP contribution in [0.25, 0.3) is 0 Å². The van der Waals surface area contributed by atoms with Crippen molar-refractivity contribution >= 4 is 24.3 Å². The zero-order chi connectivity index (χ0) is 13.5. The lowest BCUT2D eigenvalue weighted by atomic mass is 10.1. The third-order valence-electron chi connectivity index (χ3n) is 3.03. The van der Waals surface area contributed by atoms with E-state index in [1.807, 2.05) is 11.9 Å². The molecule has 1 atom stereocenters. The molecule has 4 N–H and O–H groups in total. The molecule has 3 amide bonds. The number of hydrogen-bond donors (Lipinski definition) is 3. The maximum atomic E-state index is 11.6. The van der Waals surface area contributed by atoms with Crippen molar-refractivity contribution in [1.82, 2.24) is 15.5 Å². The summed E-state index contributed by atoms with van der Waals surface area (Å²) in [6.45, 7) is 4.53. The van der Waals surface area contributed by atoms with E-state index in [1.165, 1.54) is 12.8 Å². The van der Waals surface area contributed by atoms with Crippen molar-refractivity contribution in [2.24, 2.45) is 11.7 Å². The van der Waals surface area contributed by atoms with E-state index in [0.29, 0.717) is 19.0 Å². The highest BCUT2D eigenvalue weighted by atomic mass is 35.5. The second-order valence-corrected chi connectivity index (χ2v) is 4.60. The van der Waals surface area contributed by atoms with Crippen molar-refractivity contribution < 1.29 is 9.59 Å². The van der Waals surface area contributed by atoms with Crippen molar-refractivity contribution in [2.45, 2.75) is 18.9 Å². The molecule has 0 aromatic carbocycles. The minimum Gasteiger partial charge on any atom is -0.334 e. The van der Waals surface area contributed by atoms with E-state index in [9.17, 15) is 9.59 Å². The van der Waals surface area contributed by atoms with Crippen LogP contribution < -0.4 is 16.4 Å². The monoisotopic (exact) mass is 290 g/mol. The molecule has 1 unspecified atom stereocenters. The molecule has 0 heterocycles. The second-order valence-electron chi connectivity index (χ2n) is 4.60. The molecule has 6 nitrogen and oxygen atoms in total. The Hall–Kier alpha value is -1.11. The van der Waals surface area contributed by atoms with Crippen LogP contribution in [0.4, 0.5) is 4.79 Å². The Morgan fingerprint density at radius 3 is 2.63 bits per heavy atom. The molecule has 0 radical (unpaired) electrons. The van der Waals surface area contributed by atoms with Crippen molar-refractivity contribution in [3.63, 3.8) is 0 Å². The van der Waals surface area contributed by atoms with Crippen LogP contribution in [-0.2, 0) is 4.79 Å². The fourth-order valence-electron chi connectivity index (χ4n) is 1.93. The van der Waals surface area contributed by atoms with E-state index >= 15 is 0 Å². The smallest absolute Gasteiger partial charge is 0.321 e. The van der Waals surface area contributed by atoms with Crippen LogP contribution in [0.15, 0.2) is 12.7 Å². The molecule has 1 saturated carbocycles. The summed E-state index contributed by atoms with van der Waals surface area (Å²) in [7, 11) is 1.86. The van der Waals surface area contributed by atoms with Crippen LogP contribution in [0.3, 0.4) is 0 Å². The van der Waals surface area contributed by atoms with Crippen LogP contribution in [0.1, 0.15) is 12.8 Å². The van der Waals surface area contributed by atoms with Gasteiger partial charge in [-0.15, -0.1) is 19.0 Å². The van der Waals surface area contributed by atoms with Crippen LogP contribution in [0, 0.1) is 5.92 Å². The highest BCUT2D eigenvalue weighted by molar-refractivity contribution is 5.95. The highest BCUT2D eigenvalue weighted by Crippen LogP contribution is 2.34. The molecule has 19 heavy (non-hydrogen) atoms. The van der Waals surface area contributed by atoms with Gasteiger partial charge in [0.2, 0.25) is 5.91 Å². The number of urea groups is 1. The standard InChI is InChI=1S/C12H22N4O2.ClH/c1-3-6-14-12(18)15-11(17)8-16(2)10(7-13)9-4-5-9;/h3,9-10H,1,4-8,13H2,2H3,(H2,14,15,17,18);1H. The summed E-state index contributed by atoms with van der Waals surface area (Å²) in [6, 6.07) is -0.268. The third kappa shape index (κ3) is 6.56. The van der Waals surface area contributed by atoms with Crippen LogP contribution in [-0.4, -0.2) is 49.6 Å².